The van der Waals surface area contributed by atoms with Gasteiger partial charge in [0.05, 0.1) is 0 Å². The quantitative estimate of drug-likeness (QED) is 0.588. The van der Waals surface area contributed by atoms with Crippen molar-refractivity contribution >= 4 is 5.57 Å². The van der Waals surface area contributed by atoms with Crippen molar-refractivity contribution in [2.24, 2.45) is 0 Å². The number of benzene rings is 1. The van der Waals surface area contributed by atoms with E-state index in [1.165, 1.54) is 5.56 Å². The minimum atomic E-state index is 1.10. The molecule has 0 unspecified atom stereocenters. The summed E-state index contributed by atoms with van der Waals surface area (Å²) in [7, 11) is 0. The predicted molar refractivity (Wildman–Crippen MR) is 54.8 cm³/mol. The van der Waals surface area contributed by atoms with Gasteiger partial charge in [-0.1, -0.05) is 61.7 Å². The van der Waals surface area contributed by atoms with E-state index < -0.39 is 0 Å². The van der Waals surface area contributed by atoms with E-state index in [4.69, 9.17) is 0 Å². The lowest BCUT2D eigenvalue weighted by Gasteiger charge is -1.99. The van der Waals surface area contributed by atoms with Gasteiger partial charge in [-0.2, -0.15) is 0 Å². The predicted octanol–water partition coefficient (Wildman–Crippen LogP) is 3.44. The van der Waals surface area contributed by atoms with Crippen LogP contribution in [-0.4, -0.2) is 0 Å². The highest BCUT2D eigenvalue weighted by Crippen LogP contribution is 2.14. The van der Waals surface area contributed by atoms with E-state index >= 15 is 0 Å². The second-order valence-corrected chi connectivity index (χ2v) is 2.43. The molecule has 1 rings (SSSR count). The van der Waals surface area contributed by atoms with Gasteiger partial charge in [0.1, 0.15) is 0 Å². The summed E-state index contributed by atoms with van der Waals surface area (Å²) in [6, 6.07) is 10.1. The van der Waals surface area contributed by atoms with E-state index in [0.29, 0.717) is 0 Å². The summed E-state index contributed by atoms with van der Waals surface area (Å²) in [4.78, 5) is 0. The normalized spacial score (nSPS) is 10.8. The van der Waals surface area contributed by atoms with Gasteiger partial charge >= 0.3 is 0 Å². The first kappa shape index (κ1) is 8.54. The Labute approximate surface area is 73.6 Å². The summed E-state index contributed by atoms with van der Waals surface area (Å²) in [5, 5.41) is 0. The maximum atomic E-state index is 3.74. The van der Waals surface area contributed by atoms with E-state index in [0.717, 1.165) is 5.57 Å². The van der Waals surface area contributed by atoms with Crippen molar-refractivity contribution in [2.45, 2.75) is 0 Å². The minimum absolute atomic E-state index is 1.10. The average molecular weight is 156 g/mol. The molecule has 0 aliphatic carbocycles. The van der Waals surface area contributed by atoms with E-state index in [9.17, 15) is 0 Å². The van der Waals surface area contributed by atoms with Crippen molar-refractivity contribution in [1.82, 2.24) is 0 Å². The molecule has 1 aromatic rings. The monoisotopic (exact) mass is 156 g/mol. The summed E-state index contributed by atoms with van der Waals surface area (Å²) >= 11 is 0. The van der Waals surface area contributed by atoms with Gasteiger partial charge in [0.25, 0.3) is 0 Å². The van der Waals surface area contributed by atoms with E-state index in [1.54, 1.807) is 6.08 Å². The average Bonchev–Trinajstić information content (AvgIpc) is 2.15. The Morgan fingerprint density at radius 2 is 1.75 bits per heavy atom. The second kappa shape index (κ2) is 4.35. The van der Waals surface area contributed by atoms with Crippen LogP contribution in [-0.2, 0) is 0 Å². The van der Waals surface area contributed by atoms with Crippen LogP contribution < -0.4 is 0 Å². The molecule has 0 aromatic heterocycles. The van der Waals surface area contributed by atoms with Gasteiger partial charge in [-0.3, -0.25) is 0 Å². The molecule has 0 heteroatoms. The summed E-state index contributed by atoms with van der Waals surface area (Å²) in [5.74, 6) is 0. The zero-order valence-electron chi connectivity index (χ0n) is 7.03. The van der Waals surface area contributed by atoms with Crippen molar-refractivity contribution < 1.29 is 0 Å². The fraction of sp³-hybridized carbons (Fsp3) is 0. The number of allylic oxidation sites excluding steroid dienone is 4. The number of hydrogen-bond donors (Lipinski definition) is 0. The first-order valence-corrected chi connectivity index (χ1v) is 3.89. The van der Waals surface area contributed by atoms with Crippen molar-refractivity contribution in [2.75, 3.05) is 0 Å². The molecule has 0 amide bonds. The van der Waals surface area contributed by atoms with Crippen LogP contribution in [0.1, 0.15) is 5.56 Å². The Bertz CT molecular complexity index is 291. The van der Waals surface area contributed by atoms with Gasteiger partial charge < -0.3 is 0 Å². The maximum Gasteiger partial charge on any atom is -0.0184 e. The van der Waals surface area contributed by atoms with Crippen LogP contribution in [0.2, 0.25) is 0 Å². The lowest BCUT2D eigenvalue weighted by molar-refractivity contribution is 1.62. The van der Waals surface area contributed by atoms with E-state index in [1.807, 2.05) is 30.4 Å². The largest absolute Gasteiger partial charge is 0.0990 e. The summed E-state index contributed by atoms with van der Waals surface area (Å²) < 4.78 is 0. The fourth-order valence-electron chi connectivity index (χ4n) is 1.04. The molecule has 12 heavy (non-hydrogen) atoms. The zero-order valence-corrected chi connectivity index (χ0v) is 7.03. The Hall–Kier alpha value is -1.56. The number of hydrogen-bond acceptors (Lipinski definition) is 0. The molecule has 0 N–H and O–H groups in total. The Morgan fingerprint density at radius 3 is 2.25 bits per heavy atom. The smallest absolute Gasteiger partial charge is 0.0184 e. The van der Waals surface area contributed by atoms with Crippen LogP contribution in [0.4, 0.5) is 0 Å². The topological polar surface area (TPSA) is 0 Å². The second-order valence-electron chi connectivity index (χ2n) is 2.43. The molecule has 0 fully saturated rings. The standard InChI is InChI=1S/C12H12/c1-3-8-11(4-2)12-9-6-5-7-10-12/h3-10H,1-2H2. The molecule has 0 aliphatic rings. The molecular weight excluding hydrogens is 144 g/mol. The third-order valence-corrected chi connectivity index (χ3v) is 1.62. The van der Waals surface area contributed by atoms with Crippen LogP contribution >= 0.6 is 0 Å². The van der Waals surface area contributed by atoms with Gasteiger partial charge in [0, 0.05) is 0 Å². The van der Waals surface area contributed by atoms with Crippen LogP contribution in [0.3, 0.4) is 0 Å². The van der Waals surface area contributed by atoms with E-state index in [2.05, 4.69) is 25.3 Å². The zero-order chi connectivity index (χ0) is 8.81. The maximum absolute atomic E-state index is 3.74. The molecule has 0 heterocycles. The van der Waals surface area contributed by atoms with Crippen LogP contribution in [0.5, 0.6) is 0 Å². The van der Waals surface area contributed by atoms with Crippen molar-refractivity contribution in [3.05, 3.63) is 67.3 Å². The number of rotatable bonds is 3. The first-order chi connectivity index (χ1) is 5.88. The molecule has 0 saturated carbocycles. The molecule has 0 radical (unpaired) electrons. The van der Waals surface area contributed by atoms with Gasteiger partial charge in [0.15, 0.2) is 0 Å². The van der Waals surface area contributed by atoms with Crippen molar-refractivity contribution in [3.63, 3.8) is 0 Å². The Balaban J connectivity index is 3.03. The molecule has 0 saturated heterocycles. The van der Waals surface area contributed by atoms with Gasteiger partial charge in [-0.05, 0) is 11.1 Å². The third-order valence-electron chi connectivity index (χ3n) is 1.62. The first-order valence-electron chi connectivity index (χ1n) is 3.89. The summed E-state index contributed by atoms with van der Waals surface area (Å²) in [5.41, 5.74) is 2.28. The lowest BCUT2D eigenvalue weighted by Crippen LogP contribution is -1.77. The molecule has 60 valence electrons. The Morgan fingerprint density at radius 1 is 1.08 bits per heavy atom. The van der Waals surface area contributed by atoms with Crippen LogP contribution in [0.25, 0.3) is 5.57 Å². The van der Waals surface area contributed by atoms with E-state index in [-0.39, 0.29) is 0 Å². The summed E-state index contributed by atoms with van der Waals surface area (Å²) in [6.07, 6.45) is 5.54. The minimum Gasteiger partial charge on any atom is -0.0990 e. The van der Waals surface area contributed by atoms with Gasteiger partial charge in [-0.25, -0.2) is 0 Å². The highest BCUT2D eigenvalue weighted by molar-refractivity contribution is 5.74. The molecule has 0 aliphatic heterocycles. The third kappa shape index (κ3) is 1.96. The SMILES string of the molecule is C=CC=C(C=C)c1ccccc1. The highest BCUT2D eigenvalue weighted by atomic mass is 14.0. The molecular formula is C12H12. The van der Waals surface area contributed by atoms with Crippen molar-refractivity contribution in [3.8, 4) is 0 Å². The van der Waals surface area contributed by atoms with Crippen LogP contribution in [0.15, 0.2) is 61.7 Å². The fourth-order valence-corrected chi connectivity index (χ4v) is 1.04. The molecule has 1 aromatic carbocycles. The van der Waals surface area contributed by atoms with Crippen molar-refractivity contribution in [1.29, 1.82) is 0 Å². The molecule has 0 atom stereocenters. The van der Waals surface area contributed by atoms with Gasteiger partial charge in [0.2, 0.25) is 0 Å². The molecule has 0 bridgehead atoms. The lowest BCUT2D eigenvalue weighted by atomic mass is 10.1. The molecule has 0 spiro atoms. The molecule has 0 nitrogen and oxygen atoms in total. The summed E-state index contributed by atoms with van der Waals surface area (Å²) in [6.45, 7) is 7.39. The Kier molecular flexibility index (Phi) is 3.09. The highest BCUT2D eigenvalue weighted by Gasteiger charge is 1.92. The van der Waals surface area contributed by atoms with Gasteiger partial charge in [-0.15, -0.1) is 0 Å². The van der Waals surface area contributed by atoms with Crippen LogP contribution in [0, 0.1) is 0 Å².